The van der Waals surface area contributed by atoms with Gasteiger partial charge in [-0.25, -0.2) is 21.6 Å². The quantitative estimate of drug-likeness (QED) is 0.273. The lowest BCUT2D eigenvalue weighted by Crippen LogP contribution is -2.53. The van der Waals surface area contributed by atoms with Gasteiger partial charge in [0.2, 0.25) is 16.8 Å². The molecule has 1 fully saturated rings. The topological polar surface area (TPSA) is 169 Å². The van der Waals surface area contributed by atoms with E-state index < -0.39 is 50.1 Å². The minimum atomic E-state index is -4.12. The molecule has 0 bridgehead atoms. The normalized spacial score (nSPS) is 17.5. The number of carbonyl (C=O) groups is 2. The maximum absolute atomic E-state index is 13.8. The molecule has 2 amide bonds. The summed E-state index contributed by atoms with van der Waals surface area (Å²) >= 11 is 0. The number of nitrogens with one attached hydrogen (secondary N) is 1. The molecule has 5 rings (SSSR count). The highest BCUT2D eigenvalue weighted by molar-refractivity contribution is 7.90. The number of hydrogen-bond acceptors (Lipinski definition) is 10. The van der Waals surface area contributed by atoms with Crippen LogP contribution in [-0.2, 0) is 35.8 Å². The van der Waals surface area contributed by atoms with Crippen molar-refractivity contribution in [3.8, 4) is 11.5 Å². The third-order valence-corrected chi connectivity index (χ3v) is 10.6. The number of aliphatic hydroxyl groups is 1. The Morgan fingerprint density at radius 2 is 1.68 bits per heavy atom. The van der Waals surface area contributed by atoms with Gasteiger partial charge >= 0.3 is 6.09 Å². The van der Waals surface area contributed by atoms with E-state index in [9.17, 15) is 31.5 Å². The number of aliphatic hydroxyl groups excluding tert-OH is 1. The predicted octanol–water partition coefficient (Wildman–Crippen LogP) is 2.58. The van der Waals surface area contributed by atoms with Crippen LogP contribution < -0.4 is 19.7 Å². The maximum Gasteiger partial charge on any atom is 0.415 e. The third-order valence-electron chi connectivity index (χ3n) is 7.69. The molecular formula is C32H37N3O10S2. The summed E-state index contributed by atoms with van der Waals surface area (Å²) in [4.78, 5) is 27.4. The van der Waals surface area contributed by atoms with Gasteiger partial charge in [-0.15, -0.1) is 0 Å². The van der Waals surface area contributed by atoms with E-state index in [4.69, 9.17) is 14.2 Å². The van der Waals surface area contributed by atoms with Gasteiger partial charge in [0.25, 0.3) is 5.91 Å². The van der Waals surface area contributed by atoms with Crippen molar-refractivity contribution in [2.45, 2.75) is 48.3 Å². The number of ether oxygens (including phenoxy) is 3. The number of anilines is 1. The molecule has 0 spiro atoms. The van der Waals surface area contributed by atoms with Gasteiger partial charge in [0, 0.05) is 31.1 Å². The summed E-state index contributed by atoms with van der Waals surface area (Å²) in [7, 11) is -7.67. The molecule has 2 N–H and O–H groups in total. The number of amides is 2. The molecule has 0 saturated carbocycles. The Morgan fingerprint density at radius 3 is 2.38 bits per heavy atom. The van der Waals surface area contributed by atoms with E-state index in [0.29, 0.717) is 11.5 Å². The minimum absolute atomic E-state index is 0.00315. The van der Waals surface area contributed by atoms with Crippen molar-refractivity contribution < 1.29 is 45.7 Å². The molecule has 2 heterocycles. The third kappa shape index (κ3) is 8.04. The number of nitrogens with zero attached hydrogens (tertiary/aromatic N) is 2. The first kappa shape index (κ1) is 34.2. The van der Waals surface area contributed by atoms with Gasteiger partial charge < -0.3 is 24.6 Å². The van der Waals surface area contributed by atoms with E-state index >= 15 is 0 Å². The molecular weight excluding hydrogens is 650 g/mol. The molecule has 252 valence electrons. The van der Waals surface area contributed by atoms with E-state index in [0.717, 1.165) is 16.7 Å². The predicted molar refractivity (Wildman–Crippen MR) is 171 cm³/mol. The molecule has 3 aromatic carbocycles. The number of carbonyl (C=O) groups excluding carboxylic acids is 2. The number of rotatable bonds is 13. The molecule has 15 heteroatoms. The van der Waals surface area contributed by atoms with E-state index in [-0.39, 0.29) is 54.2 Å². The van der Waals surface area contributed by atoms with Crippen LogP contribution in [0.25, 0.3) is 0 Å². The summed E-state index contributed by atoms with van der Waals surface area (Å²) in [6, 6.07) is 18.1. The molecule has 0 unspecified atom stereocenters. The van der Waals surface area contributed by atoms with Crippen LogP contribution in [-0.4, -0.2) is 89.2 Å². The largest absolute Gasteiger partial charge is 0.454 e. The second-order valence-electron chi connectivity index (χ2n) is 11.9. The molecule has 2 aliphatic heterocycles. The first-order valence-corrected chi connectivity index (χ1v) is 18.3. The van der Waals surface area contributed by atoms with Crippen LogP contribution in [0.4, 0.5) is 10.5 Å². The van der Waals surface area contributed by atoms with Crippen molar-refractivity contribution in [2.75, 3.05) is 37.6 Å². The first-order chi connectivity index (χ1) is 22.2. The van der Waals surface area contributed by atoms with E-state index in [1.807, 2.05) is 32.0 Å². The minimum Gasteiger partial charge on any atom is -0.454 e. The Bertz CT molecular complexity index is 1830. The van der Waals surface area contributed by atoms with Gasteiger partial charge in [-0.3, -0.25) is 9.69 Å². The van der Waals surface area contributed by atoms with Crippen LogP contribution in [0.1, 0.15) is 19.4 Å². The van der Waals surface area contributed by atoms with Crippen molar-refractivity contribution in [1.82, 2.24) is 9.62 Å². The molecule has 3 aromatic rings. The number of hydrogen-bond donors (Lipinski definition) is 2. The van der Waals surface area contributed by atoms with Gasteiger partial charge in [0.15, 0.2) is 27.4 Å². The molecule has 0 radical (unpaired) electrons. The molecule has 0 aromatic heterocycles. The van der Waals surface area contributed by atoms with E-state index in [1.165, 1.54) is 46.8 Å². The summed E-state index contributed by atoms with van der Waals surface area (Å²) in [5.74, 6) is -0.0692. The van der Waals surface area contributed by atoms with Crippen molar-refractivity contribution in [3.05, 3.63) is 78.4 Å². The van der Waals surface area contributed by atoms with Crippen LogP contribution in [0, 0.1) is 5.92 Å². The lowest BCUT2D eigenvalue weighted by molar-refractivity contribution is -0.129. The summed E-state index contributed by atoms with van der Waals surface area (Å²) < 4.78 is 69.0. The van der Waals surface area contributed by atoms with Gasteiger partial charge in [-0.2, -0.15) is 4.31 Å². The Kier molecular flexibility index (Phi) is 10.1. The van der Waals surface area contributed by atoms with Crippen LogP contribution in [0.15, 0.2) is 82.6 Å². The second-order valence-corrected chi connectivity index (χ2v) is 15.8. The SMILES string of the molecule is CC(C)CN(C[C@@H](O)[C@H](Cc1ccccc1)NC(=O)[C@@H]1CN(c2cccc(S(C)(=O)=O)c2)C(=O)O1)S(=O)(=O)c1ccc2c(c1)OCO2. The zero-order valence-corrected chi connectivity index (χ0v) is 27.7. The van der Waals surface area contributed by atoms with Gasteiger partial charge in [-0.05, 0) is 48.2 Å². The van der Waals surface area contributed by atoms with Crippen molar-refractivity contribution in [1.29, 1.82) is 0 Å². The van der Waals surface area contributed by atoms with Crippen molar-refractivity contribution in [3.63, 3.8) is 0 Å². The number of sulfone groups is 1. The fourth-order valence-electron chi connectivity index (χ4n) is 5.32. The highest BCUT2D eigenvalue weighted by Crippen LogP contribution is 2.35. The van der Waals surface area contributed by atoms with Crippen LogP contribution in [0.5, 0.6) is 11.5 Å². The van der Waals surface area contributed by atoms with Crippen LogP contribution in [0.2, 0.25) is 0 Å². The molecule has 0 aliphatic carbocycles. The zero-order valence-electron chi connectivity index (χ0n) is 26.1. The first-order valence-electron chi connectivity index (χ1n) is 14.9. The highest BCUT2D eigenvalue weighted by atomic mass is 32.2. The molecule has 47 heavy (non-hydrogen) atoms. The monoisotopic (exact) mass is 687 g/mol. The fourth-order valence-corrected chi connectivity index (χ4v) is 7.62. The lowest BCUT2D eigenvalue weighted by Gasteiger charge is -2.31. The summed E-state index contributed by atoms with van der Waals surface area (Å²) in [6.07, 6.45) is -2.30. The Labute approximate surface area is 274 Å². The highest BCUT2D eigenvalue weighted by Gasteiger charge is 2.39. The summed E-state index contributed by atoms with van der Waals surface area (Å²) in [5.41, 5.74) is 1.01. The van der Waals surface area contributed by atoms with Crippen molar-refractivity contribution in [2.24, 2.45) is 5.92 Å². The summed E-state index contributed by atoms with van der Waals surface area (Å²) in [6.45, 7) is 3.22. The second kappa shape index (κ2) is 13.9. The van der Waals surface area contributed by atoms with Crippen molar-refractivity contribution >= 4 is 37.5 Å². The molecule has 2 aliphatic rings. The average molecular weight is 688 g/mol. The van der Waals surface area contributed by atoms with Crippen LogP contribution in [0.3, 0.4) is 0 Å². The summed E-state index contributed by atoms with van der Waals surface area (Å²) in [5, 5.41) is 14.3. The maximum atomic E-state index is 13.8. The Balaban J connectivity index is 1.36. The van der Waals surface area contributed by atoms with E-state index in [2.05, 4.69) is 5.32 Å². The van der Waals surface area contributed by atoms with Gasteiger partial charge in [-0.1, -0.05) is 50.2 Å². The molecule has 3 atom stereocenters. The zero-order chi connectivity index (χ0) is 33.9. The number of fused-ring (bicyclic) bond motifs is 1. The standard InChI is InChI=1S/C32H37N3O10S2/c1-21(2)17-34(47(41,42)25-12-13-28-29(16-25)44-20-43-28)18-27(36)26(14-22-8-5-4-6-9-22)33-31(37)30-19-35(32(38)45-30)23-10-7-11-24(15-23)46(3,39)40/h4-13,15-16,21,26-27,30,36H,14,17-20H2,1-3H3,(H,33,37)/t26-,27+,30-/m0/s1. The fraction of sp³-hybridized carbons (Fsp3) is 0.375. The number of benzene rings is 3. The Hall–Kier alpha value is -4.18. The average Bonchev–Trinajstić information content (AvgIpc) is 3.66. The van der Waals surface area contributed by atoms with Gasteiger partial charge in [0.05, 0.1) is 28.5 Å². The van der Waals surface area contributed by atoms with E-state index in [1.54, 1.807) is 12.1 Å². The molecule has 13 nitrogen and oxygen atoms in total. The number of cyclic esters (lactones) is 1. The number of sulfonamides is 1. The smallest absolute Gasteiger partial charge is 0.415 e. The Morgan fingerprint density at radius 1 is 0.957 bits per heavy atom. The molecule has 1 saturated heterocycles. The lowest BCUT2D eigenvalue weighted by atomic mass is 10.0. The van der Waals surface area contributed by atoms with Crippen LogP contribution >= 0.6 is 0 Å². The van der Waals surface area contributed by atoms with Gasteiger partial charge in [0.1, 0.15) is 0 Å².